The van der Waals surface area contributed by atoms with Crippen LogP contribution in [0.25, 0.3) is 5.69 Å². The first-order valence-electron chi connectivity index (χ1n) is 9.21. The summed E-state index contributed by atoms with van der Waals surface area (Å²) in [6, 6.07) is 5.94. The number of aromatic nitrogens is 2. The van der Waals surface area contributed by atoms with Crippen molar-refractivity contribution in [1.29, 1.82) is 0 Å². The molecule has 2 heterocycles. The minimum atomic E-state index is -0.482. The summed E-state index contributed by atoms with van der Waals surface area (Å²) < 4.78 is 1.19. The van der Waals surface area contributed by atoms with Crippen molar-refractivity contribution in [2.75, 3.05) is 38.2 Å². The lowest BCUT2D eigenvalue weighted by atomic mass is 10.0. The molecule has 0 unspecified atom stereocenters. The molecule has 6 nitrogen and oxygen atoms in total. The van der Waals surface area contributed by atoms with Gasteiger partial charge in [-0.05, 0) is 44.5 Å². The van der Waals surface area contributed by atoms with Gasteiger partial charge in [-0.1, -0.05) is 34.8 Å². The number of rotatable bonds is 6. The van der Waals surface area contributed by atoms with Gasteiger partial charge in [0.05, 0.1) is 27.6 Å². The topological polar surface area (TPSA) is 61.6 Å². The summed E-state index contributed by atoms with van der Waals surface area (Å²) in [6.45, 7) is 2.93. The van der Waals surface area contributed by atoms with Gasteiger partial charge in [-0.3, -0.25) is 4.79 Å². The highest BCUT2D eigenvalue weighted by atomic mass is 35.5. The molecular weight excluding hydrogens is 423 g/mol. The van der Waals surface area contributed by atoms with E-state index < -0.39 is 5.56 Å². The van der Waals surface area contributed by atoms with Crippen LogP contribution in [0.4, 0.5) is 5.69 Å². The third kappa shape index (κ3) is 4.63. The van der Waals surface area contributed by atoms with E-state index in [1.165, 1.54) is 10.9 Å². The zero-order valence-corrected chi connectivity index (χ0v) is 17.9. The molecule has 0 spiro atoms. The largest absolute Gasteiger partial charge is 0.396 e. The van der Waals surface area contributed by atoms with Crippen LogP contribution >= 0.6 is 34.8 Å². The summed E-state index contributed by atoms with van der Waals surface area (Å²) in [4.78, 5) is 16.9. The summed E-state index contributed by atoms with van der Waals surface area (Å²) in [6.07, 6.45) is 4.21. The summed E-state index contributed by atoms with van der Waals surface area (Å²) in [5, 5.41) is 13.7. The molecular formula is C19H23Cl3N4O2. The Hall–Kier alpha value is -1.31. The van der Waals surface area contributed by atoms with E-state index in [9.17, 15) is 4.79 Å². The van der Waals surface area contributed by atoms with Gasteiger partial charge < -0.3 is 14.9 Å². The lowest BCUT2D eigenvalue weighted by Gasteiger charge is -2.38. The van der Waals surface area contributed by atoms with Crippen LogP contribution in [-0.2, 0) is 0 Å². The van der Waals surface area contributed by atoms with Crippen molar-refractivity contribution in [2.24, 2.45) is 0 Å². The molecule has 0 radical (unpaired) electrons. The second-order valence-corrected chi connectivity index (χ2v) is 8.13. The molecule has 1 aliphatic heterocycles. The molecule has 1 N–H and O–H groups in total. The molecule has 1 fully saturated rings. The lowest BCUT2D eigenvalue weighted by Crippen LogP contribution is -2.43. The smallest absolute Gasteiger partial charge is 0.291 e. The minimum absolute atomic E-state index is 0.0655. The molecule has 1 aliphatic rings. The third-order valence-electron chi connectivity index (χ3n) is 5.15. The van der Waals surface area contributed by atoms with E-state index in [1.807, 2.05) is 6.07 Å². The van der Waals surface area contributed by atoms with Crippen molar-refractivity contribution < 1.29 is 5.11 Å². The number of aliphatic hydroxyl groups excluding tert-OH is 1. The zero-order valence-electron chi connectivity index (χ0n) is 15.6. The van der Waals surface area contributed by atoms with Crippen molar-refractivity contribution >= 4 is 40.5 Å². The number of aliphatic hydroxyl groups is 1. The first-order valence-corrected chi connectivity index (χ1v) is 10.3. The van der Waals surface area contributed by atoms with Gasteiger partial charge in [0.2, 0.25) is 0 Å². The Morgan fingerprint density at radius 3 is 2.57 bits per heavy atom. The van der Waals surface area contributed by atoms with Crippen molar-refractivity contribution in [3.8, 4) is 5.69 Å². The molecule has 0 saturated carbocycles. The second-order valence-electron chi connectivity index (χ2n) is 6.94. The van der Waals surface area contributed by atoms with E-state index in [4.69, 9.17) is 39.9 Å². The Morgan fingerprint density at radius 1 is 1.21 bits per heavy atom. The van der Waals surface area contributed by atoms with Crippen LogP contribution in [0.2, 0.25) is 15.1 Å². The van der Waals surface area contributed by atoms with E-state index in [0.717, 1.165) is 44.6 Å². The maximum Gasteiger partial charge on any atom is 0.291 e. The van der Waals surface area contributed by atoms with E-state index in [-0.39, 0.29) is 16.7 Å². The Bertz CT molecular complexity index is 882. The van der Waals surface area contributed by atoms with Crippen molar-refractivity contribution in [1.82, 2.24) is 14.7 Å². The monoisotopic (exact) mass is 444 g/mol. The molecule has 28 heavy (non-hydrogen) atoms. The molecule has 1 aromatic heterocycles. The van der Waals surface area contributed by atoms with Crippen molar-refractivity contribution in [3.05, 3.63) is 49.8 Å². The number of piperidine rings is 1. The fourth-order valence-corrected chi connectivity index (χ4v) is 4.08. The number of benzene rings is 1. The van der Waals surface area contributed by atoms with E-state index in [0.29, 0.717) is 16.8 Å². The van der Waals surface area contributed by atoms with Gasteiger partial charge in [0.15, 0.2) is 0 Å². The van der Waals surface area contributed by atoms with Crippen LogP contribution in [-0.4, -0.2) is 59.1 Å². The number of halogens is 3. The molecule has 1 aromatic carbocycles. The first-order chi connectivity index (χ1) is 13.4. The molecule has 2 aromatic rings. The van der Waals surface area contributed by atoms with Crippen LogP contribution in [0.3, 0.4) is 0 Å². The van der Waals surface area contributed by atoms with E-state index in [1.54, 1.807) is 12.1 Å². The van der Waals surface area contributed by atoms with Crippen LogP contribution in [0, 0.1) is 0 Å². The van der Waals surface area contributed by atoms with Gasteiger partial charge >= 0.3 is 0 Å². The van der Waals surface area contributed by atoms with Crippen molar-refractivity contribution in [2.45, 2.75) is 25.3 Å². The highest BCUT2D eigenvalue weighted by Gasteiger charge is 2.23. The van der Waals surface area contributed by atoms with Crippen molar-refractivity contribution in [3.63, 3.8) is 0 Å². The van der Waals surface area contributed by atoms with E-state index >= 15 is 0 Å². The highest BCUT2D eigenvalue weighted by Crippen LogP contribution is 2.31. The molecule has 152 valence electrons. The van der Waals surface area contributed by atoms with Gasteiger partial charge in [0.1, 0.15) is 5.02 Å². The number of anilines is 1. The Labute approximate surface area is 179 Å². The number of hydrogen-bond donors (Lipinski definition) is 1. The molecule has 0 bridgehead atoms. The minimum Gasteiger partial charge on any atom is -0.396 e. The first kappa shape index (κ1) is 21.4. The predicted molar refractivity (Wildman–Crippen MR) is 114 cm³/mol. The summed E-state index contributed by atoms with van der Waals surface area (Å²) >= 11 is 18.3. The fraction of sp³-hybridized carbons (Fsp3) is 0.474. The Morgan fingerprint density at radius 2 is 1.93 bits per heavy atom. The van der Waals surface area contributed by atoms with Crippen LogP contribution in [0.1, 0.15) is 19.3 Å². The normalized spacial score (nSPS) is 15.4. The van der Waals surface area contributed by atoms with Gasteiger partial charge in [-0.2, -0.15) is 9.78 Å². The third-order valence-corrected chi connectivity index (χ3v) is 6.20. The highest BCUT2D eigenvalue weighted by molar-refractivity contribution is 6.41. The van der Waals surface area contributed by atoms with E-state index in [2.05, 4.69) is 21.9 Å². The quantitative estimate of drug-likeness (QED) is 0.737. The Kier molecular flexibility index (Phi) is 7.23. The average Bonchev–Trinajstić information content (AvgIpc) is 2.70. The molecule has 9 heteroatoms. The van der Waals surface area contributed by atoms with Gasteiger partial charge in [0, 0.05) is 32.3 Å². The van der Waals surface area contributed by atoms with Crippen LogP contribution < -0.4 is 10.5 Å². The molecule has 1 saturated heterocycles. The summed E-state index contributed by atoms with van der Waals surface area (Å²) in [7, 11) is 2.11. The maximum absolute atomic E-state index is 12.3. The van der Waals surface area contributed by atoms with Gasteiger partial charge in [0.25, 0.3) is 5.56 Å². The van der Waals surface area contributed by atoms with Gasteiger partial charge in [-0.25, -0.2) is 0 Å². The Balaban J connectivity index is 1.72. The zero-order chi connectivity index (χ0) is 20.3. The molecule has 0 aliphatic carbocycles. The predicted octanol–water partition coefficient (Wildman–Crippen LogP) is 3.48. The standard InChI is InChI=1S/C19H23Cl3N4O2/c1-24(7-2-10-27)13-5-8-25(9-6-13)17-4-3-14(11-15(17)20)26-19(28)18(22)16(21)12-23-26/h3-4,11-13,27H,2,5-10H2,1H3. The molecule has 0 amide bonds. The fourth-order valence-electron chi connectivity index (χ4n) is 3.53. The number of nitrogens with zero attached hydrogens (tertiary/aromatic N) is 4. The second kappa shape index (κ2) is 9.46. The van der Waals surface area contributed by atoms with Gasteiger partial charge in [-0.15, -0.1) is 0 Å². The molecule has 3 rings (SSSR count). The number of hydrogen-bond acceptors (Lipinski definition) is 5. The summed E-state index contributed by atoms with van der Waals surface area (Å²) in [5.74, 6) is 0. The molecule has 0 atom stereocenters. The lowest BCUT2D eigenvalue weighted by molar-refractivity contribution is 0.184. The summed E-state index contributed by atoms with van der Waals surface area (Å²) in [5.41, 5.74) is 0.996. The van der Waals surface area contributed by atoms with Crippen LogP contribution in [0.15, 0.2) is 29.2 Å². The maximum atomic E-state index is 12.3. The average molecular weight is 446 g/mol. The van der Waals surface area contributed by atoms with Crippen LogP contribution in [0.5, 0.6) is 0 Å². The SMILES string of the molecule is CN(CCCO)C1CCN(c2ccc(-n3ncc(Cl)c(Cl)c3=O)cc2Cl)CC1.